The van der Waals surface area contributed by atoms with Gasteiger partial charge in [-0.25, -0.2) is 9.50 Å². The van der Waals surface area contributed by atoms with E-state index in [2.05, 4.69) is 52.1 Å². The first-order valence-corrected chi connectivity index (χ1v) is 7.99. The van der Waals surface area contributed by atoms with Crippen LogP contribution in [0.2, 0.25) is 0 Å². The standard InChI is InChI=1S/C18H18N4/c1-11-4-2-3-5-13(11)16-9-18-19-10-14-15-7-6-12(20-15)8-17(14)22(18)21-16/h2-5,9-10,12,15,20H,6-8H2,1H3. The number of fused-ring (bicyclic) bond motifs is 6. The van der Waals surface area contributed by atoms with Crippen LogP contribution in [0.3, 0.4) is 0 Å². The van der Waals surface area contributed by atoms with E-state index in [4.69, 9.17) is 5.10 Å². The molecule has 2 atom stereocenters. The molecule has 4 heteroatoms. The van der Waals surface area contributed by atoms with Gasteiger partial charge < -0.3 is 5.32 Å². The van der Waals surface area contributed by atoms with E-state index in [9.17, 15) is 0 Å². The summed E-state index contributed by atoms with van der Waals surface area (Å²) in [5, 5.41) is 8.56. The Kier molecular flexibility index (Phi) is 2.47. The fourth-order valence-electron chi connectivity index (χ4n) is 3.94. The molecule has 110 valence electrons. The number of nitrogens with zero attached hydrogens (tertiary/aromatic N) is 3. The van der Waals surface area contributed by atoms with Gasteiger partial charge >= 0.3 is 0 Å². The normalized spacial score (nSPS) is 23.0. The number of aryl methyl sites for hydroxylation is 1. The van der Waals surface area contributed by atoms with Crippen LogP contribution in [0, 0.1) is 6.92 Å². The molecule has 4 heterocycles. The molecule has 22 heavy (non-hydrogen) atoms. The molecule has 0 aliphatic carbocycles. The Morgan fingerprint density at radius 1 is 1.23 bits per heavy atom. The second-order valence-corrected chi connectivity index (χ2v) is 6.47. The van der Waals surface area contributed by atoms with Gasteiger partial charge in [-0.05, 0) is 25.3 Å². The van der Waals surface area contributed by atoms with Gasteiger partial charge in [-0.3, -0.25) is 0 Å². The predicted molar refractivity (Wildman–Crippen MR) is 85.8 cm³/mol. The largest absolute Gasteiger partial charge is 0.307 e. The second kappa shape index (κ2) is 4.40. The van der Waals surface area contributed by atoms with Crippen molar-refractivity contribution in [2.45, 2.75) is 38.3 Å². The Morgan fingerprint density at radius 3 is 3.05 bits per heavy atom. The SMILES string of the molecule is Cc1ccccc1-c1cc2ncc3c(n2n1)CC1CCC3N1. The van der Waals surface area contributed by atoms with Crippen molar-refractivity contribution in [3.63, 3.8) is 0 Å². The van der Waals surface area contributed by atoms with Gasteiger partial charge in [0.2, 0.25) is 0 Å². The van der Waals surface area contributed by atoms with Gasteiger partial charge in [0, 0.05) is 41.9 Å². The zero-order chi connectivity index (χ0) is 14.7. The summed E-state index contributed by atoms with van der Waals surface area (Å²) in [6, 6.07) is 11.6. The lowest BCUT2D eigenvalue weighted by Crippen LogP contribution is -2.33. The number of hydrogen-bond acceptors (Lipinski definition) is 3. The Bertz CT molecular complexity index is 880. The van der Waals surface area contributed by atoms with Crippen LogP contribution in [0.15, 0.2) is 36.5 Å². The van der Waals surface area contributed by atoms with Crippen molar-refractivity contribution < 1.29 is 0 Å². The minimum absolute atomic E-state index is 0.469. The van der Waals surface area contributed by atoms with Crippen molar-refractivity contribution in [2.24, 2.45) is 0 Å². The van der Waals surface area contributed by atoms with Crippen molar-refractivity contribution in [3.8, 4) is 11.3 Å². The van der Waals surface area contributed by atoms with Gasteiger partial charge in [0.25, 0.3) is 0 Å². The van der Waals surface area contributed by atoms with Crippen LogP contribution >= 0.6 is 0 Å². The van der Waals surface area contributed by atoms with E-state index in [1.807, 2.05) is 6.20 Å². The highest BCUT2D eigenvalue weighted by Gasteiger charge is 2.34. The second-order valence-electron chi connectivity index (χ2n) is 6.47. The van der Waals surface area contributed by atoms with Crippen LogP contribution in [0.4, 0.5) is 0 Å². The van der Waals surface area contributed by atoms with Crippen molar-refractivity contribution in [2.75, 3.05) is 0 Å². The molecule has 0 amide bonds. The molecule has 5 rings (SSSR count). The molecule has 1 saturated heterocycles. The molecule has 2 unspecified atom stereocenters. The zero-order valence-electron chi connectivity index (χ0n) is 12.6. The van der Waals surface area contributed by atoms with Crippen molar-refractivity contribution >= 4 is 5.65 Å². The minimum Gasteiger partial charge on any atom is -0.307 e. The predicted octanol–water partition coefficient (Wildman–Crippen LogP) is 3.05. The highest BCUT2D eigenvalue weighted by Crippen LogP contribution is 2.36. The topological polar surface area (TPSA) is 42.2 Å². The molecule has 0 saturated carbocycles. The van der Waals surface area contributed by atoms with E-state index in [1.54, 1.807) is 0 Å². The molecular formula is C18H18N4. The fourth-order valence-corrected chi connectivity index (χ4v) is 3.94. The Morgan fingerprint density at radius 2 is 2.14 bits per heavy atom. The molecule has 2 bridgehead atoms. The maximum absolute atomic E-state index is 4.88. The minimum atomic E-state index is 0.469. The molecule has 2 aliphatic heterocycles. The third kappa shape index (κ3) is 1.67. The third-order valence-electron chi connectivity index (χ3n) is 5.09. The van der Waals surface area contributed by atoms with Gasteiger partial charge in [-0.15, -0.1) is 0 Å². The summed E-state index contributed by atoms with van der Waals surface area (Å²) < 4.78 is 2.07. The van der Waals surface area contributed by atoms with E-state index in [-0.39, 0.29) is 0 Å². The Balaban J connectivity index is 1.72. The molecular weight excluding hydrogens is 272 g/mol. The summed E-state index contributed by atoms with van der Waals surface area (Å²) in [6.45, 7) is 2.13. The molecule has 0 radical (unpaired) electrons. The van der Waals surface area contributed by atoms with Crippen LogP contribution < -0.4 is 5.32 Å². The number of nitrogens with one attached hydrogen (secondary N) is 1. The number of aromatic nitrogens is 3. The van der Waals surface area contributed by atoms with Gasteiger partial charge in [0.1, 0.15) is 0 Å². The van der Waals surface area contributed by atoms with Gasteiger partial charge in [-0.2, -0.15) is 5.10 Å². The fraction of sp³-hybridized carbons (Fsp3) is 0.333. The highest BCUT2D eigenvalue weighted by atomic mass is 15.3. The maximum Gasteiger partial charge on any atom is 0.155 e. The molecule has 2 aromatic heterocycles. The highest BCUT2D eigenvalue weighted by molar-refractivity contribution is 5.67. The van der Waals surface area contributed by atoms with Crippen LogP contribution in [-0.4, -0.2) is 20.6 Å². The molecule has 1 aromatic carbocycles. The lowest BCUT2D eigenvalue weighted by Gasteiger charge is -2.24. The van der Waals surface area contributed by atoms with Crippen molar-refractivity contribution in [1.82, 2.24) is 19.9 Å². The van der Waals surface area contributed by atoms with Crippen molar-refractivity contribution in [1.29, 1.82) is 0 Å². The number of rotatable bonds is 1. The summed E-state index contributed by atoms with van der Waals surface area (Å²) in [5.41, 5.74) is 7.10. The smallest absolute Gasteiger partial charge is 0.155 e. The lowest BCUT2D eigenvalue weighted by molar-refractivity contribution is 0.496. The monoisotopic (exact) mass is 290 g/mol. The molecule has 3 aromatic rings. The molecule has 0 spiro atoms. The van der Waals surface area contributed by atoms with Gasteiger partial charge in [-0.1, -0.05) is 24.3 Å². The quantitative estimate of drug-likeness (QED) is 0.749. The average Bonchev–Trinajstić information content (AvgIpc) is 3.12. The summed E-state index contributed by atoms with van der Waals surface area (Å²) in [7, 11) is 0. The lowest BCUT2D eigenvalue weighted by atomic mass is 10.0. The number of benzene rings is 1. The Hall–Kier alpha value is -2.20. The first-order valence-electron chi connectivity index (χ1n) is 7.99. The molecule has 1 N–H and O–H groups in total. The summed E-state index contributed by atoms with van der Waals surface area (Å²) in [5.74, 6) is 0. The first-order chi connectivity index (χ1) is 10.8. The summed E-state index contributed by atoms with van der Waals surface area (Å²) in [4.78, 5) is 4.65. The first kappa shape index (κ1) is 12.4. The zero-order valence-corrected chi connectivity index (χ0v) is 12.6. The van der Waals surface area contributed by atoms with Crippen LogP contribution in [0.25, 0.3) is 16.9 Å². The molecule has 4 nitrogen and oxygen atoms in total. The summed E-state index contributed by atoms with van der Waals surface area (Å²) in [6.07, 6.45) is 5.58. The molecule has 2 aliphatic rings. The third-order valence-corrected chi connectivity index (χ3v) is 5.09. The van der Waals surface area contributed by atoms with E-state index < -0.39 is 0 Å². The van der Waals surface area contributed by atoms with Crippen LogP contribution in [0.1, 0.15) is 35.7 Å². The van der Waals surface area contributed by atoms with Crippen LogP contribution in [-0.2, 0) is 6.42 Å². The number of hydrogen-bond donors (Lipinski definition) is 1. The Labute approximate surface area is 129 Å². The average molecular weight is 290 g/mol. The van der Waals surface area contributed by atoms with Crippen molar-refractivity contribution in [3.05, 3.63) is 53.3 Å². The van der Waals surface area contributed by atoms with E-state index >= 15 is 0 Å². The van der Waals surface area contributed by atoms with E-state index in [0.717, 1.165) is 17.8 Å². The summed E-state index contributed by atoms with van der Waals surface area (Å²) >= 11 is 0. The van der Waals surface area contributed by atoms with Gasteiger partial charge in [0.05, 0.1) is 11.4 Å². The van der Waals surface area contributed by atoms with Crippen LogP contribution in [0.5, 0.6) is 0 Å². The van der Waals surface area contributed by atoms with E-state index in [0.29, 0.717) is 12.1 Å². The maximum atomic E-state index is 4.88. The molecule has 1 fully saturated rings. The van der Waals surface area contributed by atoms with Gasteiger partial charge in [0.15, 0.2) is 5.65 Å². The van der Waals surface area contributed by atoms with E-state index in [1.165, 1.54) is 35.2 Å².